The first-order chi connectivity index (χ1) is 10.8. The number of carbonyl (C=O) groups is 1. The fourth-order valence-electron chi connectivity index (χ4n) is 2.94. The highest BCUT2D eigenvalue weighted by Gasteiger charge is 2.39. The topological polar surface area (TPSA) is 63.7 Å². The molecule has 22 heavy (non-hydrogen) atoms. The van der Waals surface area contributed by atoms with E-state index in [0.717, 1.165) is 38.2 Å². The predicted molar refractivity (Wildman–Crippen MR) is 81.0 cm³/mol. The van der Waals surface area contributed by atoms with Gasteiger partial charge < -0.3 is 19.7 Å². The fourth-order valence-corrected chi connectivity index (χ4v) is 2.94. The Kier molecular flexibility index (Phi) is 5.02. The van der Waals surface area contributed by atoms with Crippen LogP contribution in [0.4, 0.5) is 0 Å². The second-order valence-electron chi connectivity index (χ2n) is 5.80. The maximum absolute atomic E-state index is 11.9. The molecule has 0 atom stereocenters. The summed E-state index contributed by atoms with van der Waals surface area (Å²) in [5, 5.41) is 2.91. The van der Waals surface area contributed by atoms with Gasteiger partial charge in [-0.25, -0.2) is 0 Å². The van der Waals surface area contributed by atoms with E-state index in [9.17, 15) is 4.79 Å². The first-order valence-corrected chi connectivity index (χ1v) is 7.93. The highest BCUT2D eigenvalue weighted by Crippen LogP contribution is 2.31. The molecule has 1 aromatic heterocycles. The van der Waals surface area contributed by atoms with Gasteiger partial charge >= 0.3 is 0 Å². The van der Waals surface area contributed by atoms with Crippen molar-refractivity contribution < 1.29 is 14.3 Å². The van der Waals surface area contributed by atoms with Crippen molar-refractivity contribution in [2.75, 3.05) is 32.8 Å². The van der Waals surface area contributed by atoms with Crippen LogP contribution in [-0.4, -0.2) is 54.4 Å². The third kappa shape index (κ3) is 4.03. The number of ether oxygens (including phenoxy) is 2. The van der Waals surface area contributed by atoms with Crippen molar-refractivity contribution in [1.29, 1.82) is 0 Å². The van der Waals surface area contributed by atoms with E-state index < -0.39 is 0 Å². The molecule has 120 valence electrons. The number of piperidine rings is 1. The molecule has 0 aliphatic carbocycles. The van der Waals surface area contributed by atoms with Gasteiger partial charge in [0.15, 0.2) is 5.79 Å². The lowest BCUT2D eigenvalue weighted by Gasteiger charge is -2.37. The highest BCUT2D eigenvalue weighted by atomic mass is 16.7. The number of nitrogens with one attached hydrogen (secondary N) is 1. The summed E-state index contributed by atoms with van der Waals surface area (Å²) >= 11 is 0. The minimum atomic E-state index is -0.336. The molecular weight excluding hydrogens is 282 g/mol. The molecule has 3 rings (SSSR count). The molecule has 2 aliphatic heterocycles. The number of rotatable bonds is 5. The van der Waals surface area contributed by atoms with Crippen molar-refractivity contribution >= 4 is 5.91 Å². The molecule has 2 aliphatic rings. The van der Waals surface area contributed by atoms with Gasteiger partial charge in [0.1, 0.15) is 0 Å². The monoisotopic (exact) mass is 305 g/mol. The lowest BCUT2D eigenvalue weighted by Crippen LogP contribution is -2.45. The first kappa shape index (κ1) is 15.4. The summed E-state index contributed by atoms with van der Waals surface area (Å²) in [5.41, 5.74) is 0.881. The average molecular weight is 305 g/mol. The number of amides is 1. The smallest absolute Gasteiger partial charge is 0.221 e. The number of carbonyl (C=O) groups excluding carboxylic acids is 1. The van der Waals surface area contributed by atoms with Crippen LogP contribution in [-0.2, 0) is 20.8 Å². The van der Waals surface area contributed by atoms with Gasteiger partial charge in [0.05, 0.1) is 25.5 Å². The van der Waals surface area contributed by atoms with E-state index in [0.29, 0.717) is 26.2 Å². The summed E-state index contributed by atoms with van der Waals surface area (Å²) in [6.45, 7) is 4.53. The maximum atomic E-state index is 11.9. The zero-order valence-corrected chi connectivity index (χ0v) is 12.8. The first-order valence-electron chi connectivity index (χ1n) is 7.93. The van der Waals surface area contributed by atoms with Crippen molar-refractivity contribution in [3.05, 3.63) is 30.1 Å². The van der Waals surface area contributed by atoms with Gasteiger partial charge in [-0.1, -0.05) is 6.07 Å². The van der Waals surface area contributed by atoms with Gasteiger partial charge in [-0.3, -0.25) is 9.78 Å². The molecule has 6 nitrogen and oxygen atoms in total. The van der Waals surface area contributed by atoms with Crippen molar-refractivity contribution in [2.24, 2.45) is 0 Å². The summed E-state index contributed by atoms with van der Waals surface area (Å²) in [7, 11) is 0. The number of nitrogens with zero attached hydrogens (tertiary/aromatic N) is 2. The van der Waals surface area contributed by atoms with Gasteiger partial charge in [0, 0.05) is 45.1 Å². The molecule has 1 aromatic rings. The van der Waals surface area contributed by atoms with Gasteiger partial charge in [-0.15, -0.1) is 0 Å². The summed E-state index contributed by atoms with van der Waals surface area (Å²) in [4.78, 5) is 18.4. The van der Waals surface area contributed by atoms with Crippen LogP contribution in [0.3, 0.4) is 0 Å². The Morgan fingerprint density at radius 1 is 1.27 bits per heavy atom. The Balaban J connectivity index is 1.34. The van der Waals surface area contributed by atoms with Crippen molar-refractivity contribution in [2.45, 2.75) is 31.6 Å². The second-order valence-corrected chi connectivity index (χ2v) is 5.80. The minimum Gasteiger partial charge on any atom is -0.350 e. The summed E-state index contributed by atoms with van der Waals surface area (Å²) in [5.74, 6) is -0.267. The van der Waals surface area contributed by atoms with E-state index in [1.54, 1.807) is 6.20 Å². The summed E-state index contributed by atoms with van der Waals surface area (Å²) in [6, 6.07) is 5.70. The van der Waals surface area contributed by atoms with Crippen molar-refractivity contribution in [3.8, 4) is 0 Å². The van der Waals surface area contributed by atoms with Crippen LogP contribution in [0, 0.1) is 0 Å². The molecule has 0 saturated carbocycles. The number of hydrogen-bond acceptors (Lipinski definition) is 5. The zero-order chi connectivity index (χ0) is 15.3. The summed E-state index contributed by atoms with van der Waals surface area (Å²) < 4.78 is 11.4. The van der Waals surface area contributed by atoms with E-state index in [1.807, 2.05) is 18.2 Å². The molecule has 0 aromatic carbocycles. The quantitative estimate of drug-likeness (QED) is 0.876. The van der Waals surface area contributed by atoms with Crippen molar-refractivity contribution in [1.82, 2.24) is 15.2 Å². The molecule has 0 unspecified atom stereocenters. The fraction of sp³-hybridized carbons (Fsp3) is 0.625. The Labute approximate surface area is 130 Å². The minimum absolute atomic E-state index is 0.0688. The second kappa shape index (κ2) is 7.17. The molecule has 2 saturated heterocycles. The molecule has 2 fully saturated rings. The molecule has 3 heterocycles. The van der Waals surface area contributed by atoms with E-state index in [4.69, 9.17) is 9.47 Å². The summed E-state index contributed by atoms with van der Waals surface area (Å²) in [6.07, 6.45) is 4.03. The standard InChI is InChI=1S/C16H23N3O3/c20-15(18-13-14-3-1-2-7-17-14)4-8-19-9-5-16(6-10-19)21-11-12-22-16/h1-3,7H,4-6,8-13H2,(H,18,20). The third-order valence-corrected chi connectivity index (χ3v) is 4.28. The van der Waals surface area contributed by atoms with E-state index in [2.05, 4.69) is 15.2 Å². The highest BCUT2D eigenvalue weighted by molar-refractivity contribution is 5.75. The Bertz CT molecular complexity index is 479. The SMILES string of the molecule is O=C(CCN1CCC2(CC1)OCCO2)NCc1ccccn1. The van der Waals surface area contributed by atoms with Crippen LogP contribution in [0.15, 0.2) is 24.4 Å². The molecule has 1 spiro atoms. The van der Waals surface area contributed by atoms with E-state index in [1.165, 1.54) is 0 Å². The van der Waals surface area contributed by atoms with Crippen molar-refractivity contribution in [3.63, 3.8) is 0 Å². The van der Waals surface area contributed by atoms with Crippen LogP contribution in [0.2, 0.25) is 0 Å². The zero-order valence-electron chi connectivity index (χ0n) is 12.8. The third-order valence-electron chi connectivity index (χ3n) is 4.28. The van der Waals surface area contributed by atoms with Gasteiger partial charge in [-0.05, 0) is 12.1 Å². The Morgan fingerprint density at radius 2 is 2.05 bits per heavy atom. The molecule has 1 amide bonds. The number of aromatic nitrogens is 1. The Hall–Kier alpha value is -1.50. The lowest BCUT2D eigenvalue weighted by atomic mass is 10.0. The molecule has 0 bridgehead atoms. The number of hydrogen-bond donors (Lipinski definition) is 1. The van der Waals surface area contributed by atoms with Gasteiger partial charge in [0.2, 0.25) is 5.91 Å². The van der Waals surface area contributed by atoms with Crippen LogP contribution in [0.5, 0.6) is 0 Å². The largest absolute Gasteiger partial charge is 0.350 e. The Morgan fingerprint density at radius 3 is 2.73 bits per heavy atom. The van der Waals surface area contributed by atoms with Crippen LogP contribution in [0.25, 0.3) is 0 Å². The predicted octanol–water partition coefficient (Wildman–Crippen LogP) is 0.927. The van der Waals surface area contributed by atoms with E-state index in [-0.39, 0.29) is 11.7 Å². The maximum Gasteiger partial charge on any atom is 0.221 e. The molecule has 0 radical (unpaired) electrons. The van der Waals surface area contributed by atoms with Crippen LogP contribution in [0.1, 0.15) is 25.0 Å². The van der Waals surface area contributed by atoms with Gasteiger partial charge in [0.25, 0.3) is 0 Å². The lowest BCUT2D eigenvalue weighted by molar-refractivity contribution is -0.185. The molecule has 6 heteroatoms. The van der Waals surface area contributed by atoms with Crippen LogP contribution < -0.4 is 5.32 Å². The van der Waals surface area contributed by atoms with Gasteiger partial charge in [-0.2, -0.15) is 0 Å². The van der Waals surface area contributed by atoms with Crippen LogP contribution >= 0.6 is 0 Å². The number of pyridine rings is 1. The molecular formula is C16H23N3O3. The molecule has 1 N–H and O–H groups in total. The normalized spacial score (nSPS) is 21.1. The number of likely N-dealkylation sites (tertiary alicyclic amines) is 1. The van der Waals surface area contributed by atoms with E-state index >= 15 is 0 Å². The average Bonchev–Trinajstić information content (AvgIpc) is 3.02.